The van der Waals surface area contributed by atoms with Crippen molar-refractivity contribution in [1.29, 1.82) is 0 Å². The smallest absolute Gasteiger partial charge is 0.127 e. The van der Waals surface area contributed by atoms with Crippen molar-refractivity contribution >= 4 is 16.5 Å². The van der Waals surface area contributed by atoms with Crippen LogP contribution in [0.2, 0.25) is 0 Å². The molecule has 0 bridgehead atoms. The van der Waals surface area contributed by atoms with E-state index in [1.807, 2.05) is 18.3 Å². The molecule has 0 spiro atoms. The molecule has 0 amide bonds. The quantitative estimate of drug-likeness (QED) is 0.568. The van der Waals surface area contributed by atoms with Gasteiger partial charge in [0.05, 0.1) is 0 Å². The molecule has 0 fully saturated rings. The highest BCUT2D eigenvalue weighted by Crippen LogP contribution is 2.26. The highest BCUT2D eigenvalue weighted by molar-refractivity contribution is 5.83. The molecule has 26 heavy (non-hydrogen) atoms. The summed E-state index contributed by atoms with van der Waals surface area (Å²) in [5, 5.41) is 4.62. The molecule has 1 atom stereocenters. The minimum absolute atomic E-state index is 0.0813. The summed E-state index contributed by atoms with van der Waals surface area (Å²) in [6, 6.07) is 16.5. The van der Waals surface area contributed by atoms with Gasteiger partial charge >= 0.3 is 0 Å². The third-order valence-electron chi connectivity index (χ3n) is 5.38. The molecule has 4 rings (SSSR count). The van der Waals surface area contributed by atoms with Gasteiger partial charge in [0.25, 0.3) is 0 Å². The minimum atomic E-state index is -0.0813. The van der Waals surface area contributed by atoms with E-state index in [-0.39, 0.29) is 5.82 Å². The van der Waals surface area contributed by atoms with Crippen molar-refractivity contribution in [3.63, 3.8) is 0 Å². The number of hydrogen-bond donors (Lipinski definition) is 2. The van der Waals surface area contributed by atoms with E-state index in [2.05, 4.69) is 46.7 Å². The molecule has 0 radical (unpaired) electrons. The highest BCUT2D eigenvalue weighted by atomic mass is 19.1. The Bertz CT molecular complexity index is 895. The summed E-state index contributed by atoms with van der Waals surface area (Å²) < 4.78 is 14.2. The van der Waals surface area contributed by atoms with Gasteiger partial charge in [-0.2, -0.15) is 0 Å². The van der Waals surface area contributed by atoms with E-state index in [4.69, 9.17) is 0 Å². The van der Waals surface area contributed by atoms with Gasteiger partial charge in [-0.05, 0) is 60.6 Å². The second-order valence-corrected chi connectivity index (χ2v) is 7.12. The number of fused-ring (bicyclic) bond motifs is 1. The minimum Gasteiger partial charge on any atom is -0.361 e. The lowest BCUT2D eigenvalue weighted by Gasteiger charge is -2.24. The maximum absolute atomic E-state index is 14.2. The molecule has 3 aromatic rings. The van der Waals surface area contributed by atoms with Gasteiger partial charge in [-0.1, -0.05) is 42.8 Å². The van der Waals surface area contributed by atoms with Gasteiger partial charge in [0, 0.05) is 29.7 Å². The number of H-pyrrole nitrogens is 1. The molecular weight excluding hydrogens is 323 g/mol. The van der Waals surface area contributed by atoms with Gasteiger partial charge < -0.3 is 10.3 Å². The van der Waals surface area contributed by atoms with Gasteiger partial charge in [0.2, 0.25) is 0 Å². The Kier molecular flexibility index (Phi) is 5.16. The van der Waals surface area contributed by atoms with Crippen LogP contribution in [0.15, 0.2) is 60.8 Å². The van der Waals surface area contributed by atoms with E-state index in [1.165, 1.54) is 11.1 Å². The lowest BCUT2D eigenvalue weighted by molar-refractivity contribution is 0.475. The Morgan fingerprint density at radius 2 is 1.88 bits per heavy atom. The normalized spacial score (nSPS) is 17.4. The number of nitrogens with one attached hydrogen (secondary N) is 2. The molecule has 0 saturated carbocycles. The number of aryl methyl sites for hydroxylation is 1. The summed E-state index contributed by atoms with van der Waals surface area (Å²) >= 11 is 0. The van der Waals surface area contributed by atoms with Crippen LogP contribution in [0.3, 0.4) is 0 Å². The first-order chi connectivity index (χ1) is 12.8. The molecule has 1 aromatic heterocycles. The largest absolute Gasteiger partial charge is 0.361 e. The van der Waals surface area contributed by atoms with Gasteiger partial charge in [-0.15, -0.1) is 0 Å². The number of benzene rings is 2. The van der Waals surface area contributed by atoms with Crippen molar-refractivity contribution in [2.24, 2.45) is 0 Å². The fourth-order valence-electron chi connectivity index (χ4n) is 3.98. The van der Waals surface area contributed by atoms with Crippen molar-refractivity contribution in [1.82, 2.24) is 10.3 Å². The monoisotopic (exact) mass is 348 g/mol. The van der Waals surface area contributed by atoms with E-state index >= 15 is 0 Å². The molecular formula is C23H25FN2. The molecule has 2 nitrogen and oxygen atoms in total. The van der Waals surface area contributed by atoms with E-state index < -0.39 is 0 Å². The van der Waals surface area contributed by atoms with E-state index in [0.29, 0.717) is 6.04 Å². The topological polar surface area (TPSA) is 27.8 Å². The van der Waals surface area contributed by atoms with Gasteiger partial charge in [-0.3, -0.25) is 0 Å². The molecule has 3 heteroatoms. The highest BCUT2D eigenvalue weighted by Gasteiger charge is 2.16. The average Bonchev–Trinajstić information content (AvgIpc) is 3.16. The van der Waals surface area contributed by atoms with Crippen LogP contribution in [0, 0.1) is 5.82 Å². The molecule has 0 aliphatic carbocycles. The molecule has 1 unspecified atom stereocenters. The summed E-state index contributed by atoms with van der Waals surface area (Å²) in [6.45, 7) is 0.937. The van der Waals surface area contributed by atoms with Crippen molar-refractivity contribution < 1.29 is 4.39 Å². The molecule has 1 aliphatic heterocycles. The number of rotatable bonds is 6. The number of aromatic amines is 1. The number of aromatic nitrogens is 1. The number of unbranched alkanes of at least 4 members (excludes halogenated alkanes) is 1. The van der Waals surface area contributed by atoms with Crippen LogP contribution in [0.1, 0.15) is 36.8 Å². The Balaban J connectivity index is 1.31. The number of hydrogen-bond acceptors (Lipinski definition) is 1. The lowest BCUT2D eigenvalue weighted by Crippen LogP contribution is -2.32. The van der Waals surface area contributed by atoms with E-state index in [9.17, 15) is 4.39 Å². The first kappa shape index (κ1) is 17.0. The Hall–Kier alpha value is -2.39. The van der Waals surface area contributed by atoms with Crippen molar-refractivity contribution in [3.05, 3.63) is 77.7 Å². The van der Waals surface area contributed by atoms with Gasteiger partial charge in [0.1, 0.15) is 5.82 Å². The maximum Gasteiger partial charge on any atom is 0.127 e. The summed E-state index contributed by atoms with van der Waals surface area (Å²) in [4.78, 5) is 3.17. The fourth-order valence-corrected chi connectivity index (χ4v) is 3.98. The van der Waals surface area contributed by atoms with Crippen LogP contribution < -0.4 is 5.32 Å². The van der Waals surface area contributed by atoms with Crippen molar-refractivity contribution in [2.75, 3.05) is 6.54 Å². The molecule has 134 valence electrons. The molecule has 2 N–H and O–H groups in total. The lowest BCUT2D eigenvalue weighted by atomic mass is 9.92. The second-order valence-electron chi connectivity index (χ2n) is 7.12. The average molecular weight is 348 g/mol. The van der Waals surface area contributed by atoms with Crippen LogP contribution >= 0.6 is 0 Å². The first-order valence-electron chi connectivity index (χ1n) is 9.53. The van der Waals surface area contributed by atoms with Crippen LogP contribution in [-0.4, -0.2) is 17.6 Å². The second kappa shape index (κ2) is 7.88. The van der Waals surface area contributed by atoms with Crippen LogP contribution in [-0.2, 0) is 6.42 Å². The van der Waals surface area contributed by atoms with Gasteiger partial charge in [-0.25, -0.2) is 4.39 Å². The summed E-state index contributed by atoms with van der Waals surface area (Å²) in [5.74, 6) is -0.0813. The van der Waals surface area contributed by atoms with E-state index in [0.717, 1.165) is 55.1 Å². The Labute approximate surface area is 154 Å². The van der Waals surface area contributed by atoms with Crippen molar-refractivity contribution in [2.45, 2.75) is 38.1 Å². The predicted octanol–water partition coefficient (Wildman–Crippen LogP) is 5.47. The molecule has 2 heterocycles. The Morgan fingerprint density at radius 3 is 2.77 bits per heavy atom. The molecule has 2 aromatic carbocycles. The fraction of sp³-hybridized carbons (Fsp3) is 0.304. The van der Waals surface area contributed by atoms with Crippen LogP contribution in [0.25, 0.3) is 16.5 Å². The summed E-state index contributed by atoms with van der Waals surface area (Å²) in [7, 11) is 0. The Morgan fingerprint density at radius 1 is 1.00 bits per heavy atom. The van der Waals surface area contributed by atoms with Crippen LogP contribution in [0.5, 0.6) is 0 Å². The van der Waals surface area contributed by atoms with Crippen LogP contribution in [0.4, 0.5) is 4.39 Å². The number of halogens is 1. The molecule has 1 aliphatic rings. The zero-order valence-corrected chi connectivity index (χ0v) is 15.0. The first-order valence-corrected chi connectivity index (χ1v) is 9.53. The third kappa shape index (κ3) is 3.73. The zero-order chi connectivity index (χ0) is 17.8. The van der Waals surface area contributed by atoms with Gasteiger partial charge in [0.15, 0.2) is 0 Å². The van der Waals surface area contributed by atoms with Crippen molar-refractivity contribution in [3.8, 4) is 0 Å². The SMILES string of the molecule is Fc1ccc2[nH]ccc2c1CCCCC1CC(c2ccccc2)=CCN1. The summed E-state index contributed by atoms with van der Waals surface area (Å²) in [6.07, 6.45) is 9.32. The predicted molar refractivity (Wildman–Crippen MR) is 107 cm³/mol. The molecule has 0 saturated heterocycles. The standard InChI is InChI=1S/C23H25FN2/c24-22-10-11-23-21(13-15-26-23)20(22)9-5-4-8-19-16-18(12-14-25-19)17-6-2-1-3-7-17/h1-3,6-7,10-13,15,19,25-26H,4-5,8-9,14,16H2. The maximum atomic E-state index is 14.2. The summed E-state index contributed by atoms with van der Waals surface area (Å²) in [5.41, 5.74) is 4.65. The third-order valence-corrected chi connectivity index (χ3v) is 5.38. The zero-order valence-electron chi connectivity index (χ0n) is 15.0. The van der Waals surface area contributed by atoms with E-state index in [1.54, 1.807) is 6.07 Å².